The molecule has 7 heteroatoms. The van der Waals surface area contributed by atoms with Crippen LogP contribution in [0, 0.1) is 11.6 Å². The number of nitrogens with zero attached hydrogens (tertiary/aromatic N) is 1. The van der Waals surface area contributed by atoms with Crippen LogP contribution in [-0.4, -0.2) is 18.4 Å². The highest BCUT2D eigenvalue weighted by Gasteiger charge is 2.31. The molecule has 5 nitrogen and oxygen atoms in total. The SMILES string of the molecule is O=C(CN1C(=O)C(=Cc2ccc(F)cc2)Oc2ccccc21)NCc1ccc(F)cc1. The van der Waals surface area contributed by atoms with Gasteiger partial charge < -0.3 is 10.1 Å². The smallest absolute Gasteiger partial charge is 0.294 e. The van der Waals surface area contributed by atoms with Crippen LogP contribution in [0.25, 0.3) is 6.08 Å². The zero-order valence-electron chi connectivity index (χ0n) is 16.3. The summed E-state index contributed by atoms with van der Waals surface area (Å²) >= 11 is 0. The Hall–Kier alpha value is -4.00. The zero-order valence-corrected chi connectivity index (χ0v) is 16.3. The standard InChI is InChI=1S/C24H18F2N2O3/c25-18-9-5-16(6-10-18)13-22-24(30)28(20-3-1-2-4-21(20)31-22)15-23(29)27-14-17-7-11-19(26)12-8-17/h1-13H,14-15H2,(H,27,29). The molecular formula is C24H18F2N2O3. The largest absolute Gasteiger partial charge is 0.449 e. The average Bonchev–Trinajstić information content (AvgIpc) is 2.77. The van der Waals surface area contributed by atoms with E-state index in [1.54, 1.807) is 36.4 Å². The molecular weight excluding hydrogens is 402 g/mol. The second kappa shape index (κ2) is 8.79. The number of anilines is 1. The molecule has 0 unspecified atom stereocenters. The van der Waals surface area contributed by atoms with Gasteiger partial charge in [-0.1, -0.05) is 36.4 Å². The van der Waals surface area contributed by atoms with Crippen LogP contribution >= 0.6 is 0 Å². The molecule has 31 heavy (non-hydrogen) atoms. The maximum Gasteiger partial charge on any atom is 0.294 e. The molecule has 0 aromatic heterocycles. The van der Waals surface area contributed by atoms with Gasteiger partial charge in [-0.25, -0.2) is 8.78 Å². The van der Waals surface area contributed by atoms with E-state index in [0.717, 1.165) is 5.56 Å². The number of carbonyl (C=O) groups excluding carboxylic acids is 2. The topological polar surface area (TPSA) is 58.6 Å². The molecule has 4 rings (SSSR count). The lowest BCUT2D eigenvalue weighted by molar-refractivity contribution is -0.123. The van der Waals surface area contributed by atoms with Gasteiger partial charge in [-0.15, -0.1) is 0 Å². The predicted molar refractivity (Wildman–Crippen MR) is 112 cm³/mol. The number of para-hydroxylation sites is 2. The minimum atomic E-state index is -0.486. The average molecular weight is 420 g/mol. The lowest BCUT2D eigenvalue weighted by atomic mass is 10.1. The molecule has 1 heterocycles. The quantitative estimate of drug-likeness (QED) is 0.634. The van der Waals surface area contributed by atoms with E-state index >= 15 is 0 Å². The lowest BCUT2D eigenvalue weighted by Gasteiger charge is -2.30. The van der Waals surface area contributed by atoms with Crippen molar-refractivity contribution in [1.29, 1.82) is 0 Å². The molecule has 0 bridgehead atoms. The first-order valence-corrected chi connectivity index (χ1v) is 9.57. The molecule has 1 aliphatic rings. The normalized spacial score (nSPS) is 14.2. The number of fused-ring (bicyclic) bond motifs is 1. The molecule has 1 N–H and O–H groups in total. The van der Waals surface area contributed by atoms with Crippen LogP contribution in [0.4, 0.5) is 14.5 Å². The number of benzene rings is 3. The maximum atomic E-state index is 13.2. The highest BCUT2D eigenvalue weighted by Crippen LogP contribution is 2.35. The number of rotatable bonds is 5. The summed E-state index contributed by atoms with van der Waals surface area (Å²) in [6, 6.07) is 18.3. The van der Waals surface area contributed by atoms with Crippen LogP contribution in [0.2, 0.25) is 0 Å². The van der Waals surface area contributed by atoms with Crippen molar-refractivity contribution >= 4 is 23.6 Å². The first-order chi connectivity index (χ1) is 15.0. The van der Waals surface area contributed by atoms with Crippen molar-refractivity contribution in [1.82, 2.24) is 5.32 Å². The van der Waals surface area contributed by atoms with Crippen molar-refractivity contribution < 1.29 is 23.1 Å². The molecule has 0 radical (unpaired) electrons. The summed E-state index contributed by atoms with van der Waals surface area (Å²) in [5.74, 6) is -1.15. The van der Waals surface area contributed by atoms with Gasteiger partial charge in [0.15, 0.2) is 11.5 Å². The summed E-state index contributed by atoms with van der Waals surface area (Å²) in [6.45, 7) is -0.0152. The van der Waals surface area contributed by atoms with Gasteiger partial charge in [0.25, 0.3) is 5.91 Å². The lowest BCUT2D eigenvalue weighted by Crippen LogP contribution is -2.44. The maximum absolute atomic E-state index is 13.2. The summed E-state index contributed by atoms with van der Waals surface area (Å²) in [7, 11) is 0. The van der Waals surface area contributed by atoms with Gasteiger partial charge in [-0.2, -0.15) is 0 Å². The Balaban J connectivity index is 1.53. The molecule has 0 spiro atoms. The fourth-order valence-electron chi connectivity index (χ4n) is 3.13. The van der Waals surface area contributed by atoms with E-state index in [1.807, 2.05) is 0 Å². The summed E-state index contributed by atoms with van der Waals surface area (Å²) in [5, 5.41) is 2.73. The summed E-state index contributed by atoms with van der Waals surface area (Å²) in [6.07, 6.45) is 1.50. The van der Waals surface area contributed by atoms with Crippen molar-refractivity contribution in [3.05, 3.63) is 101 Å². The Morgan fingerprint density at radius 3 is 2.29 bits per heavy atom. The van der Waals surface area contributed by atoms with Crippen LogP contribution in [-0.2, 0) is 16.1 Å². The fraction of sp³-hybridized carbons (Fsp3) is 0.0833. The van der Waals surface area contributed by atoms with Crippen LogP contribution < -0.4 is 15.0 Å². The molecule has 1 aliphatic heterocycles. The van der Waals surface area contributed by atoms with Crippen molar-refractivity contribution in [2.45, 2.75) is 6.54 Å². The van der Waals surface area contributed by atoms with E-state index in [9.17, 15) is 18.4 Å². The highest BCUT2D eigenvalue weighted by molar-refractivity contribution is 6.12. The van der Waals surface area contributed by atoms with E-state index in [1.165, 1.54) is 47.4 Å². The second-order valence-corrected chi connectivity index (χ2v) is 6.92. The van der Waals surface area contributed by atoms with Gasteiger partial charge in [0.1, 0.15) is 18.2 Å². The Labute approximate surface area is 177 Å². The minimum Gasteiger partial charge on any atom is -0.449 e. The molecule has 0 aliphatic carbocycles. The monoisotopic (exact) mass is 420 g/mol. The van der Waals surface area contributed by atoms with Crippen LogP contribution in [0.5, 0.6) is 5.75 Å². The van der Waals surface area contributed by atoms with Crippen molar-refractivity contribution in [2.75, 3.05) is 11.4 Å². The van der Waals surface area contributed by atoms with Crippen molar-refractivity contribution in [3.8, 4) is 5.75 Å². The number of nitrogens with one attached hydrogen (secondary N) is 1. The Morgan fingerprint density at radius 2 is 1.58 bits per heavy atom. The van der Waals surface area contributed by atoms with Gasteiger partial charge >= 0.3 is 0 Å². The van der Waals surface area contributed by atoms with Crippen molar-refractivity contribution in [2.24, 2.45) is 0 Å². The third kappa shape index (κ3) is 4.78. The number of ether oxygens (including phenoxy) is 1. The number of hydrogen-bond donors (Lipinski definition) is 1. The zero-order chi connectivity index (χ0) is 21.8. The van der Waals surface area contributed by atoms with Gasteiger partial charge in [0.05, 0.1) is 5.69 Å². The van der Waals surface area contributed by atoms with E-state index < -0.39 is 5.91 Å². The minimum absolute atomic E-state index is 0.0247. The molecule has 156 valence electrons. The van der Waals surface area contributed by atoms with Crippen molar-refractivity contribution in [3.63, 3.8) is 0 Å². The van der Waals surface area contributed by atoms with E-state index in [4.69, 9.17) is 4.74 Å². The molecule has 0 saturated heterocycles. The predicted octanol–water partition coefficient (Wildman–Crippen LogP) is 4.05. The number of hydrogen-bond acceptors (Lipinski definition) is 3. The highest BCUT2D eigenvalue weighted by atomic mass is 19.1. The molecule has 0 saturated carbocycles. The molecule has 3 aromatic rings. The molecule has 3 aromatic carbocycles. The van der Waals surface area contributed by atoms with E-state index in [0.29, 0.717) is 17.0 Å². The second-order valence-electron chi connectivity index (χ2n) is 6.92. The summed E-state index contributed by atoms with van der Waals surface area (Å²) in [4.78, 5) is 26.9. The van der Waals surface area contributed by atoms with Gasteiger partial charge in [0, 0.05) is 6.54 Å². The van der Waals surface area contributed by atoms with E-state index in [-0.39, 0.29) is 36.4 Å². The first-order valence-electron chi connectivity index (χ1n) is 9.57. The number of halogens is 2. The third-order valence-corrected chi connectivity index (χ3v) is 4.70. The number of amides is 2. The van der Waals surface area contributed by atoms with Gasteiger partial charge in [0.2, 0.25) is 5.91 Å². The Bertz CT molecular complexity index is 1140. The van der Waals surface area contributed by atoms with Gasteiger partial charge in [-0.05, 0) is 53.6 Å². The summed E-state index contributed by atoms with van der Waals surface area (Å²) < 4.78 is 31.9. The molecule has 0 fully saturated rings. The van der Waals surface area contributed by atoms with E-state index in [2.05, 4.69) is 5.32 Å². The Kier molecular flexibility index (Phi) is 5.75. The fourth-order valence-corrected chi connectivity index (χ4v) is 3.13. The molecule has 0 atom stereocenters. The number of carbonyl (C=O) groups is 2. The first kappa shape index (κ1) is 20.3. The summed E-state index contributed by atoms with van der Waals surface area (Å²) in [5.41, 5.74) is 1.80. The van der Waals surface area contributed by atoms with Crippen LogP contribution in [0.3, 0.4) is 0 Å². The Morgan fingerprint density at radius 1 is 0.935 bits per heavy atom. The van der Waals surface area contributed by atoms with Crippen LogP contribution in [0.15, 0.2) is 78.6 Å². The van der Waals surface area contributed by atoms with Crippen LogP contribution in [0.1, 0.15) is 11.1 Å². The molecule has 2 amide bonds. The third-order valence-electron chi connectivity index (χ3n) is 4.70. The van der Waals surface area contributed by atoms with Gasteiger partial charge in [-0.3, -0.25) is 14.5 Å².